The molecule has 0 aliphatic heterocycles. The molecule has 1 rings (SSSR count). The van der Waals surface area contributed by atoms with Crippen molar-refractivity contribution in [2.45, 2.75) is 40.5 Å². The zero-order valence-electron chi connectivity index (χ0n) is 14.2. The van der Waals surface area contributed by atoms with Crippen molar-refractivity contribution in [3.63, 3.8) is 0 Å². The fraction of sp³-hybridized carbons (Fsp3) is 0.667. The van der Waals surface area contributed by atoms with E-state index in [2.05, 4.69) is 50.0 Å². The van der Waals surface area contributed by atoms with E-state index in [9.17, 15) is 0 Å². The molecule has 21 heavy (non-hydrogen) atoms. The number of nitrogens with one attached hydrogen (secondary N) is 1. The molecule has 0 aliphatic rings. The average molecular weight is 292 g/mol. The fourth-order valence-electron chi connectivity index (χ4n) is 2.28. The molecule has 120 valence electrons. The minimum absolute atomic E-state index is 0.554. The lowest BCUT2D eigenvalue weighted by Crippen LogP contribution is -2.30. The SMILES string of the molecule is CCCN(CCC)CCNc1cccc(OCC(C)C)c1. The van der Waals surface area contributed by atoms with Gasteiger partial charge in [0, 0.05) is 24.8 Å². The zero-order valence-corrected chi connectivity index (χ0v) is 14.2. The van der Waals surface area contributed by atoms with Gasteiger partial charge in [0.1, 0.15) is 5.75 Å². The second-order valence-corrected chi connectivity index (χ2v) is 6.00. The summed E-state index contributed by atoms with van der Waals surface area (Å²) in [7, 11) is 0. The van der Waals surface area contributed by atoms with Crippen LogP contribution in [0.4, 0.5) is 5.69 Å². The lowest BCUT2D eigenvalue weighted by Gasteiger charge is -2.21. The molecule has 0 saturated heterocycles. The summed E-state index contributed by atoms with van der Waals surface area (Å²) < 4.78 is 5.76. The predicted molar refractivity (Wildman–Crippen MR) is 92.3 cm³/mol. The molecule has 0 saturated carbocycles. The van der Waals surface area contributed by atoms with Crippen molar-refractivity contribution < 1.29 is 4.74 Å². The van der Waals surface area contributed by atoms with Gasteiger partial charge in [0.15, 0.2) is 0 Å². The maximum Gasteiger partial charge on any atom is 0.121 e. The van der Waals surface area contributed by atoms with E-state index < -0.39 is 0 Å². The molecule has 3 nitrogen and oxygen atoms in total. The second kappa shape index (κ2) is 10.5. The molecular formula is C18H32N2O. The molecule has 0 unspecified atom stereocenters. The third-order valence-electron chi connectivity index (χ3n) is 3.25. The standard InChI is InChI=1S/C18H32N2O/c1-5-11-20(12-6-2)13-10-19-17-8-7-9-18(14-17)21-15-16(3)4/h7-9,14,16,19H,5-6,10-13,15H2,1-4H3. The number of benzene rings is 1. The fourth-order valence-corrected chi connectivity index (χ4v) is 2.28. The molecule has 0 aromatic heterocycles. The molecule has 0 fully saturated rings. The maximum absolute atomic E-state index is 5.76. The van der Waals surface area contributed by atoms with E-state index in [1.165, 1.54) is 25.9 Å². The molecule has 0 radical (unpaired) electrons. The smallest absolute Gasteiger partial charge is 0.121 e. The number of anilines is 1. The van der Waals surface area contributed by atoms with E-state index in [1.807, 2.05) is 12.1 Å². The highest BCUT2D eigenvalue weighted by Crippen LogP contribution is 2.17. The molecule has 0 aliphatic carbocycles. The summed E-state index contributed by atoms with van der Waals surface area (Å²) in [5.74, 6) is 1.51. The first-order chi connectivity index (χ1) is 10.2. The van der Waals surface area contributed by atoms with Crippen LogP contribution in [0, 0.1) is 5.92 Å². The normalized spacial score (nSPS) is 11.1. The van der Waals surface area contributed by atoms with Gasteiger partial charge in [-0.15, -0.1) is 0 Å². The number of hydrogen-bond acceptors (Lipinski definition) is 3. The third-order valence-corrected chi connectivity index (χ3v) is 3.25. The summed E-state index contributed by atoms with van der Waals surface area (Å²) in [6, 6.07) is 8.26. The van der Waals surface area contributed by atoms with Crippen LogP contribution in [0.1, 0.15) is 40.5 Å². The van der Waals surface area contributed by atoms with Crippen molar-refractivity contribution in [2.75, 3.05) is 38.1 Å². The molecule has 3 heteroatoms. The van der Waals surface area contributed by atoms with Crippen molar-refractivity contribution in [1.29, 1.82) is 0 Å². The van der Waals surface area contributed by atoms with E-state index in [-0.39, 0.29) is 0 Å². The van der Waals surface area contributed by atoms with Gasteiger partial charge in [0.2, 0.25) is 0 Å². The summed E-state index contributed by atoms with van der Waals surface area (Å²) in [4.78, 5) is 2.52. The Morgan fingerprint density at radius 2 is 1.81 bits per heavy atom. The van der Waals surface area contributed by atoms with E-state index in [1.54, 1.807) is 0 Å². The van der Waals surface area contributed by atoms with Gasteiger partial charge in [0.25, 0.3) is 0 Å². The number of nitrogens with zero attached hydrogens (tertiary/aromatic N) is 1. The molecule has 1 aromatic rings. The molecule has 0 atom stereocenters. The van der Waals surface area contributed by atoms with Gasteiger partial charge in [-0.1, -0.05) is 33.8 Å². The molecular weight excluding hydrogens is 260 g/mol. The molecule has 0 heterocycles. The van der Waals surface area contributed by atoms with Crippen LogP contribution in [0.5, 0.6) is 5.75 Å². The van der Waals surface area contributed by atoms with Crippen molar-refractivity contribution in [3.8, 4) is 5.75 Å². The van der Waals surface area contributed by atoms with Gasteiger partial charge in [-0.25, -0.2) is 0 Å². The van der Waals surface area contributed by atoms with E-state index in [0.29, 0.717) is 5.92 Å². The van der Waals surface area contributed by atoms with Crippen LogP contribution in [0.15, 0.2) is 24.3 Å². The monoisotopic (exact) mass is 292 g/mol. The Bertz CT molecular complexity index is 373. The van der Waals surface area contributed by atoms with Crippen LogP contribution in [0.3, 0.4) is 0 Å². The Hall–Kier alpha value is -1.22. The third kappa shape index (κ3) is 7.96. The largest absolute Gasteiger partial charge is 0.493 e. The van der Waals surface area contributed by atoms with Crippen LogP contribution in [-0.4, -0.2) is 37.7 Å². The first kappa shape index (κ1) is 17.8. The van der Waals surface area contributed by atoms with E-state index in [4.69, 9.17) is 4.74 Å². The molecule has 1 aromatic carbocycles. The lowest BCUT2D eigenvalue weighted by molar-refractivity contribution is 0.271. The van der Waals surface area contributed by atoms with Gasteiger partial charge >= 0.3 is 0 Å². The van der Waals surface area contributed by atoms with Crippen LogP contribution in [-0.2, 0) is 0 Å². The quantitative estimate of drug-likeness (QED) is 0.659. The molecule has 0 spiro atoms. The van der Waals surface area contributed by atoms with Gasteiger partial charge in [0.05, 0.1) is 6.61 Å². The first-order valence-corrected chi connectivity index (χ1v) is 8.34. The maximum atomic E-state index is 5.76. The summed E-state index contributed by atoms with van der Waals surface area (Å²) in [5.41, 5.74) is 1.14. The van der Waals surface area contributed by atoms with Gasteiger partial charge in [-0.05, 0) is 44.0 Å². The van der Waals surface area contributed by atoms with E-state index >= 15 is 0 Å². The number of ether oxygens (including phenoxy) is 1. The van der Waals surface area contributed by atoms with Crippen LogP contribution >= 0.6 is 0 Å². The highest BCUT2D eigenvalue weighted by Gasteiger charge is 2.03. The summed E-state index contributed by atoms with van der Waals surface area (Å²) >= 11 is 0. The Labute approximate surface area is 130 Å². The van der Waals surface area contributed by atoms with Gasteiger partial charge in [-0.2, -0.15) is 0 Å². The predicted octanol–water partition coefficient (Wildman–Crippen LogP) is 4.26. The Balaban J connectivity index is 2.38. The molecule has 0 bridgehead atoms. The van der Waals surface area contributed by atoms with Crippen LogP contribution in [0.25, 0.3) is 0 Å². The van der Waals surface area contributed by atoms with Crippen molar-refractivity contribution >= 4 is 5.69 Å². The Kier molecular flexibility index (Phi) is 8.91. The Morgan fingerprint density at radius 3 is 2.43 bits per heavy atom. The van der Waals surface area contributed by atoms with Gasteiger partial charge < -0.3 is 15.0 Å². The topological polar surface area (TPSA) is 24.5 Å². The average Bonchev–Trinajstić information content (AvgIpc) is 2.46. The molecule has 0 amide bonds. The zero-order chi connectivity index (χ0) is 15.5. The van der Waals surface area contributed by atoms with Crippen molar-refractivity contribution in [2.24, 2.45) is 5.92 Å². The van der Waals surface area contributed by atoms with Crippen LogP contribution < -0.4 is 10.1 Å². The minimum Gasteiger partial charge on any atom is -0.493 e. The summed E-state index contributed by atoms with van der Waals surface area (Å²) in [6.45, 7) is 14.0. The number of hydrogen-bond donors (Lipinski definition) is 1. The highest BCUT2D eigenvalue weighted by atomic mass is 16.5. The van der Waals surface area contributed by atoms with Crippen molar-refractivity contribution in [3.05, 3.63) is 24.3 Å². The second-order valence-electron chi connectivity index (χ2n) is 6.00. The van der Waals surface area contributed by atoms with Gasteiger partial charge in [-0.3, -0.25) is 0 Å². The van der Waals surface area contributed by atoms with E-state index in [0.717, 1.165) is 31.1 Å². The lowest BCUT2D eigenvalue weighted by atomic mass is 10.2. The number of rotatable bonds is 11. The molecule has 1 N–H and O–H groups in total. The summed E-state index contributed by atoms with van der Waals surface area (Å²) in [5, 5.41) is 3.50. The highest BCUT2D eigenvalue weighted by molar-refractivity contribution is 5.48. The van der Waals surface area contributed by atoms with Crippen LogP contribution in [0.2, 0.25) is 0 Å². The van der Waals surface area contributed by atoms with Crippen molar-refractivity contribution in [1.82, 2.24) is 4.90 Å². The summed E-state index contributed by atoms with van der Waals surface area (Å²) in [6.07, 6.45) is 2.44. The minimum atomic E-state index is 0.554. The Morgan fingerprint density at radius 1 is 1.10 bits per heavy atom. The first-order valence-electron chi connectivity index (χ1n) is 8.34.